The van der Waals surface area contributed by atoms with Gasteiger partial charge in [0.15, 0.2) is 17.1 Å². The number of carbonyl (C=O) groups is 4. The van der Waals surface area contributed by atoms with Gasteiger partial charge < -0.3 is 37.6 Å². The summed E-state index contributed by atoms with van der Waals surface area (Å²) in [4.78, 5) is 46.2. The molecule has 5 unspecified atom stereocenters. The van der Waals surface area contributed by atoms with Crippen LogP contribution in [-0.4, -0.2) is 73.3 Å². The Kier molecular flexibility index (Phi) is 6.51. The monoisotopic (exact) mass is 335 g/mol. The molecule has 0 amide bonds. The second kappa shape index (κ2) is 7.10. The molecule has 0 fully saturated rings. The van der Waals surface area contributed by atoms with Gasteiger partial charge in [-0.3, -0.25) is 9.59 Å². The second-order valence-corrected chi connectivity index (χ2v) is 5.30. The van der Waals surface area contributed by atoms with Gasteiger partial charge in [0.25, 0.3) is 0 Å². The first-order valence-electron chi connectivity index (χ1n) is 6.47. The molecule has 11 heteroatoms. The third-order valence-corrected chi connectivity index (χ3v) is 3.64. The summed E-state index contributed by atoms with van der Waals surface area (Å²) in [5.74, 6) is -6.39. The molecule has 0 aromatic heterocycles. The van der Waals surface area contributed by atoms with E-state index in [1.807, 2.05) is 0 Å². The summed E-state index contributed by atoms with van der Waals surface area (Å²) >= 11 is 0. The minimum atomic E-state index is -2.77. The molecule has 0 heterocycles. The van der Waals surface area contributed by atoms with Crippen LogP contribution in [-0.2, 0) is 19.2 Å². The van der Waals surface area contributed by atoms with E-state index in [2.05, 4.69) is 0 Å². The molecule has 0 aromatic carbocycles. The van der Waals surface area contributed by atoms with Crippen LogP contribution in [0.25, 0.3) is 0 Å². The third-order valence-electron chi connectivity index (χ3n) is 3.64. The van der Waals surface area contributed by atoms with Gasteiger partial charge >= 0.3 is 11.9 Å². The van der Waals surface area contributed by atoms with Gasteiger partial charge in [0.1, 0.15) is 0 Å². The Labute approximate surface area is 131 Å². The first-order valence-corrected chi connectivity index (χ1v) is 6.47. The Hall–Kier alpha value is -1.92. The third kappa shape index (κ3) is 3.71. The lowest BCUT2D eigenvalue weighted by Gasteiger charge is -2.30. The zero-order chi connectivity index (χ0) is 18.7. The first-order chi connectivity index (χ1) is 10.2. The van der Waals surface area contributed by atoms with Crippen LogP contribution in [0.1, 0.15) is 20.3 Å². The summed E-state index contributed by atoms with van der Waals surface area (Å²) in [6.45, 7) is 1.90. The first kappa shape index (κ1) is 21.1. The van der Waals surface area contributed by atoms with E-state index >= 15 is 0 Å². The van der Waals surface area contributed by atoms with Crippen LogP contribution in [0.5, 0.6) is 0 Å². The molecule has 0 saturated heterocycles. The lowest BCUT2D eigenvalue weighted by molar-refractivity contribution is -0.157. The Morgan fingerprint density at radius 3 is 1.52 bits per heavy atom. The molecule has 10 N–H and O–H groups in total. The van der Waals surface area contributed by atoms with Gasteiger partial charge in [-0.2, -0.15) is 0 Å². The van der Waals surface area contributed by atoms with Gasteiger partial charge in [0, 0.05) is 6.42 Å². The van der Waals surface area contributed by atoms with Crippen molar-refractivity contribution in [3.63, 3.8) is 0 Å². The zero-order valence-electron chi connectivity index (χ0n) is 12.6. The van der Waals surface area contributed by atoms with Crippen LogP contribution in [0, 0.1) is 0 Å². The highest BCUT2D eigenvalue weighted by Gasteiger charge is 2.51. The lowest BCUT2D eigenvalue weighted by atomic mass is 9.81. The highest BCUT2D eigenvalue weighted by Crippen LogP contribution is 2.17. The van der Waals surface area contributed by atoms with Crippen molar-refractivity contribution in [1.29, 1.82) is 0 Å². The van der Waals surface area contributed by atoms with Crippen LogP contribution in [0.4, 0.5) is 0 Å². The lowest BCUT2D eigenvalue weighted by Crippen LogP contribution is -2.68. The predicted octanol–water partition coefficient (Wildman–Crippen LogP) is -3.83. The number of aliphatic carboxylic acids is 2. The van der Waals surface area contributed by atoms with Gasteiger partial charge in [0.05, 0.1) is 18.2 Å². The van der Waals surface area contributed by atoms with Crippen molar-refractivity contribution in [3.05, 3.63) is 0 Å². The van der Waals surface area contributed by atoms with Crippen molar-refractivity contribution in [2.75, 3.05) is 0 Å². The van der Waals surface area contributed by atoms with Crippen molar-refractivity contribution in [3.8, 4) is 0 Å². The average Bonchev–Trinajstić information content (AvgIpc) is 2.42. The smallest absolute Gasteiger partial charge is 0.334 e. The van der Waals surface area contributed by atoms with Crippen molar-refractivity contribution < 1.29 is 39.6 Å². The van der Waals surface area contributed by atoms with E-state index in [9.17, 15) is 29.4 Å². The van der Waals surface area contributed by atoms with Crippen LogP contribution >= 0.6 is 0 Å². The summed E-state index contributed by atoms with van der Waals surface area (Å²) in [6, 6.07) is -1.83. The number of hydrogen-bond acceptors (Lipinski definition) is 9. The zero-order valence-corrected chi connectivity index (χ0v) is 12.6. The molecular weight excluding hydrogens is 314 g/mol. The Balaban J connectivity index is 5.47. The molecule has 0 bridgehead atoms. The molecule has 0 aliphatic rings. The fourth-order valence-corrected chi connectivity index (χ4v) is 1.79. The summed E-state index contributed by atoms with van der Waals surface area (Å²) in [5, 5.41) is 36.8. The molecule has 0 aromatic rings. The fourth-order valence-electron chi connectivity index (χ4n) is 1.79. The fraction of sp³-hybridized carbons (Fsp3) is 0.667. The van der Waals surface area contributed by atoms with E-state index in [0.717, 1.165) is 13.8 Å². The number of hydrogen-bond donors (Lipinski definition) is 7. The van der Waals surface area contributed by atoms with Gasteiger partial charge in [-0.05, 0) is 13.8 Å². The van der Waals surface area contributed by atoms with E-state index < -0.39 is 59.3 Å². The molecule has 0 saturated carbocycles. The van der Waals surface area contributed by atoms with E-state index in [-0.39, 0.29) is 0 Å². The summed E-state index contributed by atoms with van der Waals surface area (Å²) in [5.41, 5.74) is 10.6. The normalized spacial score (nSPS) is 20.5. The largest absolute Gasteiger partial charge is 0.479 e. The van der Waals surface area contributed by atoms with Crippen LogP contribution in [0.3, 0.4) is 0 Å². The van der Waals surface area contributed by atoms with Gasteiger partial charge in [0.2, 0.25) is 5.54 Å². The summed E-state index contributed by atoms with van der Waals surface area (Å²) < 4.78 is 0. The standard InChI is InChI=1S/C12H21N3O8/c1-4(16)11(14,9(20)21)7(18)3-6(13)8(19)12(15,5(2)17)10(22)23/h4-6,16-17H,3,13-15H2,1-2H3,(H,20,21)(H,22,23). The quantitative estimate of drug-likeness (QED) is 0.202. The van der Waals surface area contributed by atoms with Crippen LogP contribution in [0.15, 0.2) is 0 Å². The molecule has 132 valence electrons. The topological polar surface area (TPSA) is 227 Å². The van der Waals surface area contributed by atoms with E-state index in [1.165, 1.54) is 0 Å². The number of rotatable bonds is 9. The maximum Gasteiger partial charge on any atom is 0.334 e. The molecule has 0 aliphatic heterocycles. The number of nitrogens with two attached hydrogens (primary N) is 3. The molecule has 0 spiro atoms. The maximum atomic E-state index is 12.1. The molecule has 5 atom stereocenters. The summed E-state index contributed by atoms with van der Waals surface area (Å²) in [6.07, 6.45) is -4.60. The Bertz CT molecular complexity index is 520. The molecule has 0 radical (unpaired) electrons. The molecule has 23 heavy (non-hydrogen) atoms. The molecule has 0 rings (SSSR count). The average molecular weight is 335 g/mol. The van der Waals surface area contributed by atoms with Crippen molar-refractivity contribution >= 4 is 23.5 Å². The number of carboxylic acid groups (broad SMARTS) is 2. The highest BCUT2D eigenvalue weighted by atomic mass is 16.4. The SMILES string of the molecule is CC(O)C(N)(C(=O)O)C(=O)CC(N)C(=O)C(N)(C(=O)O)C(C)O. The van der Waals surface area contributed by atoms with E-state index in [0.29, 0.717) is 0 Å². The van der Waals surface area contributed by atoms with Crippen molar-refractivity contribution in [1.82, 2.24) is 0 Å². The number of aliphatic hydroxyl groups excluding tert-OH is 2. The highest BCUT2D eigenvalue weighted by molar-refractivity contribution is 6.14. The number of aliphatic hydroxyl groups is 2. The molecular formula is C12H21N3O8. The van der Waals surface area contributed by atoms with Crippen molar-refractivity contribution in [2.24, 2.45) is 17.2 Å². The Morgan fingerprint density at radius 2 is 1.26 bits per heavy atom. The van der Waals surface area contributed by atoms with E-state index in [1.54, 1.807) is 0 Å². The number of ketones is 2. The van der Waals surface area contributed by atoms with Crippen LogP contribution < -0.4 is 17.2 Å². The molecule has 11 nitrogen and oxygen atoms in total. The second-order valence-electron chi connectivity index (χ2n) is 5.30. The summed E-state index contributed by atoms with van der Waals surface area (Å²) in [7, 11) is 0. The number of Topliss-reactive ketones (excluding diaryl/α,β-unsaturated/α-hetero) is 2. The number of carboxylic acids is 2. The minimum Gasteiger partial charge on any atom is -0.479 e. The Morgan fingerprint density at radius 1 is 0.913 bits per heavy atom. The van der Waals surface area contributed by atoms with Crippen molar-refractivity contribution in [2.45, 2.75) is 49.6 Å². The minimum absolute atomic E-state index is 0.945. The van der Waals surface area contributed by atoms with Gasteiger partial charge in [-0.1, -0.05) is 0 Å². The number of carbonyl (C=O) groups excluding carboxylic acids is 2. The van der Waals surface area contributed by atoms with E-state index in [4.69, 9.17) is 27.4 Å². The van der Waals surface area contributed by atoms with Gasteiger partial charge in [-0.25, -0.2) is 9.59 Å². The maximum absolute atomic E-state index is 12.1. The van der Waals surface area contributed by atoms with Crippen LogP contribution in [0.2, 0.25) is 0 Å². The van der Waals surface area contributed by atoms with Gasteiger partial charge in [-0.15, -0.1) is 0 Å². The molecule has 0 aliphatic carbocycles. The predicted molar refractivity (Wildman–Crippen MR) is 75.1 cm³/mol.